The molecule has 134 valence electrons. The summed E-state index contributed by atoms with van der Waals surface area (Å²) in [5, 5.41) is 20.9. The van der Waals surface area contributed by atoms with Crippen molar-refractivity contribution >= 4 is 29.5 Å². The quantitative estimate of drug-likeness (QED) is 0.735. The molecule has 0 saturated carbocycles. The third-order valence-corrected chi connectivity index (χ3v) is 6.13. The second-order valence-corrected chi connectivity index (χ2v) is 8.58. The van der Waals surface area contributed by atoms with Crippen molar-refractivity contribution in [3.8, 4) is 0 Å². The Kier molecular flexibility index (Phi) is 4.28. The molecule has 2 heterocycles. The van der Waals surface area contributed by atoms with Gasteiger partial charge in [-0.1, -0.05) is 18.2 Å². The fraction of sp³-hybridized carbons (Fsp3) is 0.471. The number of fused-ring (bicyclic) bond motifs is 3. The molecule has 25 heavy (non-hydrogen) atoms. The topological polar surface area (TPSA) is 107 Å². The molecule has 4 atom stereocenters. The van der Waals surface area contributed by atoms with Gasteiger partial charge in [0.25, 0.3) is 5.91 Å². The molecule has 1 aromatic rings. The molecule has 0 radical (unpaired) electrons. The van der Waals surface area contributed by atoms with E-state index >= 15 is 0 Å². The van der Waals surface area contributed by atoms with Crippen LogP contribution in [0.1, 0.15) is 42.1 Å². The molecular weight excluding hydrogens is 344 g/mol. The van der Waals surface area contributed by atoms with Gasteiger partial charge in [0, 0.05) is 10.3 Å². The van der Waals surface area contributed by atoms with Crippen molar-refractivity contribution in [1.82, 2.24) is 10.2 Å². The maximum absolute atomic E-state index is 12.8. The maximum atomic E-state index is 12.8. The number of thioether (sulfide) groups is 1. The van der Waals surface area contributed by atoms with E-state index in [9.17, 15) is 24.6 Å². The van der Waals surface area contributed by atoms with Gasteiger partial charge in [0.05, 0.1) is 6.10 Å². The van der Waals surface area contributed by atoms with Gasteiger partial charge >= 0.3 is 5.97 Å². The molecule has 0 aromatic heterocycles. The fourth-order valence-corrected chi connectivity index (χ4v) is 5.01. The predicted molar refractivity (Wildman–Crippen MR) is 92.1 cm³/mol. The van der Waals surface area contributed by atoms with Crippen LogP contribution in [0.15, 0.2) is 24.3 Å². The molecule has 3 rings (SSSR count). The van der Waals surface area contributed by atoms with Crippen molar-refractivity contribution < 1.29 is 24.6 Å². The number of carboxylic acid groups (broad SMARTS) is 1. The average molecular weight is 364 g/mol. The van der Waals surface area contributed by atoms with Crippen LogP contribution >= 0.6 is 11.8 Å². The van der Waals surface area contributed by atoms with E-state index < -0.39 is 34.8 Å². The Bertz CT molecular complexity index is 748. The summed E-state index contributed by atoms with van der Waals surface area (Å²) >= 11 is 1.50. The first kappa shape index (κ1) is 17.8. The number of hydrogen-bond acceptors (Lipinski definition) is 5. The molecule has 2 aliphatic rings. The van der Waals surface area contributed by atoms with Gasteiger partial charge in [0.2, 0.25) is 5.91 Å². The Balaban J connectivity index is 1.93. The van der Waals surface area contributed by atoms with Crippen molar-refractivity contribution in [1.29, 1.82) is 0 Å². The lowest BCUT2D eigenvalue weighted by Gasteiger charge is -2.31. The zero-order valence-corrected chi connectivity index (χ0v) is 14.9. The first-order valence-corrected chi connectivity index (χ1v) is 8.84. The molecule has 1 fully saturated rings. The number of aliphatic carboxylic acids is 1. The van der Waals surface area contributed by atoms with E-state index in [4.69, 9.17) is 0 Å². The molecule has 7 nitrogen and oxygen atoms in total. The van der Waals surface area contributed by atoms with E-state index in [1.807, 2.05) is 26.0 Å². The minimum absolute atomic E-state index is 0.234. The van der Waals surface area contributed by atoms with Gasteiger partial charge in [0.1, 0.15) is 11.4 Å². The van der Waals surface area contributed by atoms with Gasteiger partial charge in [-0.05, 0) is 32.4 Å². The summed E-state index contributed by atoms with van der Waals surface area (Å²) in [5.41, 5.74) is 1.43. The number of rotatable bonds is 4. The number of aliphatic hydroxyl groups is 1. The van der Waals surface area contributed by atoms with Crippen molar-refractivity contribution in [2.24, 2.45) is 0 Å². The molecule has 1 aromatic carbocycles. The highest BCUT2D eigenvalue weighted by Gasteiger charge is 2.57. The summed E-state index contributed by atoms with van der Waals surface area (Å²) in [6, 6.07) is 4.98. The molecule has 0 aliphatic carbocycles. The first-order valence-electron chi connectivity index (χ1n) is 7.96. The highest BCUT2D eigenvalue weighted by molar-refractivity contribution is 8.01. The third kappa shape index (κ3) is 2.79. The molecule has 8 heteroatoms. The number of nitrogens with one attached hydrogen (secondary N) is 1. The molecule has 3 N–H and O–H groups in total. The predicted octanol–water partition coefficient (Wildman–Crippen LogP) is 0.985. The second-order valence-electron chi connectivity index (χ2n) is 6.84. The van der Waals surface area contributed by atoms with E-state index in [2.05, 4.69) is 5.32 Å². The van der Waals surface area contributed by atoms with Crippen LogP contribution in [0.3, 0.4) is 0 Å². The van der Waals surface area contributed by atoms with Gasteiger partial charge in [-0.25, -0.2) is 4.79 Å². The van der Waals surface area contributed by atoms with E-state index in [0.29, 0.717) is 5.56 Å². The lowest BCUT2D eigenvalue weighted by Crippen LogP contribution is -2.57. The van der Waals surface area contributed by atoms with E-state index in [0.717, 1.165) is 5.56 Å². The van der Waals surface area contributed by atoms with E-state index in [1.54, 1.807) is 12.1 Å². The monoisotopic (exact) mass is 364 g/mol. The third-order valence-electron chi connectivity index (χ3n) is 4.59. The van der Waals surface area contributed by atoms with E-state index in [-0.39, 0.29) is 11.3 Å². The highest BCUT2D eigenvalue weighted by atomic mass is 32.2. The van der Waals surface area contributed by atoms with Crippen LogP contribution in [-0.2, 0) is 9.59 Å². The summed E-state index contributed by atoms with van der Waals surface area (Å²) in [5.74, 6) is -2.13. The number of carbonyl (C=O) groups excluding carboxylic acids is 2. The second kappa shape index (κ2) is 6.03. The van der Waals surface area contributed by atoms with Crippen LogP contribution in [0.25, 0.3) is 0 Å². The first-order chi connectivity index (χ1) is 11.6. The molecular formula is C17H20N2O5S. The van der Waals surface area contributed by atoms with Gasteiger partial charge in [0.15, 0.2) is 6.04 Å². The number of carboxylic acids is 1. The largest absolute Gasteiger partial charge is 0.480 e. The maximum Gasteiger partial charge on any atom is 0.328 e. The molecule has 1 saturated heterocycles. The van der Waals surface area contributed by atoms with Crippen molar-refractivity contribution in [2.75, 3.05) is 0 Å². The summed E-state index contributed by atoms with van der Waals surface area (Å²) < 4.78 is -0.598. The zero-order chi connectivity index (χ0) is 18.5. The molecule has 0 bridgehead atoms. The van der Waals surface area contributed by atoms with Gasteiger partial charge in [-0.2, -0.15) is 0 Å². The van der Waals surface area contributed by atoms with Crippen LogP contribution in [0.5, 0.6) is 0 Å². The summed E-state index contributed by atoms with van der Waals surface area (Å²) in [6.45, 7) is 5.01. The number of hydrogen-bond donors (Lipinski definition) is 3. The molecule has 0 spiro atoms. The number of benzene rings is 1. The Morgan fingerprint density at radius 1 is 1.32 bits per heavy atom. The van der Waals surface area contributed by atoms with Gasteiger partial charge in [-0.15, -0.1) is 11.8 Å². The summed E-state index contributed by atoms with van der Waals surface area (Å²) in [7, 11) is 0. The number of nitrogens with zero attached hydrogens (tertiary/aromatic N) is 1. The number of amides is 2. The van der Waals surface area contributed by atoms with Crippen LogP contribution in [0, 0.1) is 0 Å². The SMILES string of the molecule is C[C@H](O)[C@@H](NC(=O)[C@@H]1N2C(=O)c3ccccc3[C@H]2SC1(C)C)C(=O)O. The lowest BCUT2D eigenvalue weighted by atomic mass is 10.00. The van der Waals surface area contributed by atoms with Crippen LogP contribution < -0.4 is 5.32 Å². The van der Waals surface area contributed by atoms with Crippen LogP contribution in [0.4, 0.5) is 0 Å². The van der Waals surface area contributed by atoms with Gasteiger partial charge < -0.3 is 20.4 Å². The smallest absolute Gasteiger partial charge is 0.328 e. The minimum atomic E-state index is -1.42. The Morgan fingerprint density at radius 3 is 2.56 bits per heavy atom. The van der Waals surface area contributed by atoms with Crippen LogP contribution in [-0.4, -0.2) is 55.8 Å². The van der Waals surface area contributed by atoms with Crippen LogP contribution in [0.2, 0.25) is 0 Å². The number of aliphatic hydroxyl groups excluding tert-OH is 1. The molecule has 2 aliphatic heterocycles. The molecule has 0 unspecified atom stereocenters. The van der Waals surface area contributed by atoms with Gasteiger partial charge in [-0.3, -0.25) is 9.59 Å². The molecule has 2 amide bonds. The lowest BCUT2D eigenvalue weighted by molar-refractivity contribution is -0.145. The van der Waals surface area contributed by atoms with E-state index in [1.165, 1.54) is 23.6 Å². The number of carbonyl (C=O) groups is 3. The minimum Gasteiger partial charge on any atom is -0.480 e. The Hall–Kier alpha value is -2.06. The average Bonchev–Trinajstić information content (AvgIpc) is 2.95. The standard InChI is InChI=1S/C17H20N2O5S/c1-8(20)11(16(23)24)18-13(21)12-17(2,3)25-15-10-7-5-4-6-9(10)14(22)19(12)15/h4-8,11-12,15,20H,1-3H3,(H,18,21)(H,23,24)/t8-,11+,12-,15+/m0/s1. The Morgan fingerprint density at radius 2 is 1.96 bits per heavy atom. The van der Waals surface area contributed by atoms with Crippen molar-refractivity contribution in [3.05, 3.63) is 35.4 Å². The highest BCUT2D eigenvalue weighted by Crippen LogP contribution is 2.56. The zero-order valence-electron chi connectivity index (χ0n) is 14.1. The van der Waals surface area contributed by atoms with Crippen molar-refractivity contribution in [3.63, 3.8) is 0 Å². The summed E-state index contributed by atoms with van der Waals surface area (Å²) in [6.07, 6.45) is -1.25. The Labute approximate surface area is 149 Å². The normalized spacial score (nSPS) is 25.9. The fourth-order valence-electron chi connectivity index (χ4n) is 3.43. The van der Waals surface area contributed by atoms with Crippen molar-refractivity contribution in [2.45, 2.75) is 49.1 Å². The summed E-state index contributed by atoms with van der Waals surface area (Å²) in [4.78, 5) is 38.4.